The first-order valence-electron chi connectivity index (χ1n) is 8.88. The molecule has 2 bridgehead atoms. The largest absolute Gasteiger partial charge is 0.444 e. The van der Waals surface area contributed by atoms with Crippen molar-refractivity contribution >= 4 is 6.09 Å². The van der Waals surface area contributed by atoms with Crippen molar-refractivity contribution in [2.45, 2.75) is 75.5 Å². The van der Waals surface area contributed by atoms with Crippen LogP contribution in [0.3, 0.4) is 0 Å². The number of nitrogens with one attached hydrogen (secondary N) is 1. The van der Waals surface area contributed by atoms with E-state index in [1.807, 2.05) is 20.8 Å². The molecule has 3 aliphatic carbocycles. The summed E-state index contributed by atoms with van der Waals surface area (Å²) < 4.78 is 11.3. The molecule has 132 valence electrons. The quantitative estimate of drug-likeness (QED) is 0.904. The molecule has 3 aliphatic rings. The van der Waals surface area contributed by atoms with Crippen LogP contribution in [-0.4, -0.2) is 30.4 Å². The molecule has 1 N–H and O–H groups in total. The van der Waals surface area contributed by atoms with E-state index in [4.69, 9.17) is 9.47 Å². The number of fused-ring (bicyclic) bond motifs is 3. The molecule has 3 fully saturated rings. The van der Waals surface area contributed by atoms with E-state index in [2.05, 4.69) is 35.6 Å². The Hall–Kier alpha value is -1.55. The molecular formula is C20H29NO3. The highest BCUT2D eigenvalue weighted by molar-refractivity contribution is 5.69. The van der Waals surface area contributed by atoms with E-state index in [0.717, 1.165) is 32.1 Å². The van der Waals surface area contributed by atoms with E-state index in [1.54, 1.807) is 7.11 Å². The van der Waals surface area contributed by atoms with Gasteiger partial charge in [-0.2, -0.15) is 0 Å². The van der Waals surface area contributed by atoms with Gasteiger partial charge in [0.15, 0.2) is 0 Å². The predicted molar refractivity (Wildman–Crippen MR) is 94.1 cm³/mol. The first-order valence-corrected chi connectivity index (χ1v) is 8.88. The molecule has 4 nitrogen and oxygen atoms in total. The minimum Gasteiger partial charge on any atom is -0.444 e. The van der Waals surface area contributed by atoms with E-state index < -0.39 is 5.60 Å². The van der Waals surface area contributed by atoms with Gasteiger partial charge < -0.3 is 14.8 Å². The van der Waals surface area contributed by atoms with Crippen LogP contribution >= 0.6 is 0 Å². The number of ether oxygens (including phenoxy) is 2. The molecule has 4 rings (SSSR count). The Morgan fingerprint density at radius 3 is 2.29 bits per heavy atom. The van der Waals surface area contributed by atoms with Crippen LogP contribution in [0.5, 0.6) is 0 Å². The zero-order chi connectivity index (χ0) is 17.4. The Morgan fingerprint density at radius 2 is 1.75 bits per heavy atom. The minimum absolute atomic E-state index is 0.0210. The van der Waals surface area contributed by atoms with Gasteiger partial charge in [0.1, 0.15) is 5.60 Å². The molecule has 1 aromatic carbocycles. The standard InChI is InChI=1S/C20H29NO3/c1-18(2,3)24-17(22)21-20-12-10-19(11-13-20,14-16(20)23-4)15-8-6-5-7-9-15/h5-9,16H,10-14H2,1-4H3,(H,21,22). The number of hydrogen-bond acceptors (Lipinski definition) is 3. The molecule has 24 heavy (non-hydrogen) atoms. The third kappa shape index (κ3) is 3.16. The summed E-state index contributed by atoms with van der Waals surface area (Å²) in [6.45, 7) is 5.67. The molecule has 0 spiro atoms. The van der Waals surface area contributed by atoms with Crippen molar-refractivity contribution in [3.8, 4) is 0 Å². The smallest absolute Gasteiger partial charge is 0.408 e. The second kappa shape index (κ2) is 6.07. The Kier molecular flexibility index (Phi) is 4.37. The Balaban J connectivity index is 1.78. The van der Waals surface area contributed by atoms with E-state index in [0.29, 0.717) is 0 Å². The number of carbonyl (C=O) groups excluding carboxylic acids is 1. The normalized spacial score (nSPS) is 32.4. The average Bonchev–Trinajstić information content (AvgIpc) is 2.54. The van der Waals surface area contributed by atoms with Crippen molar-refractivity contribution in [1.29, 1.82) is 0 Å². The molecule has 1 unspecified atom stereocenters. The molecule has 1 atom stereocenters. The van der Waals surface area contributed by atoms with Crippen LogP contribution in [0.1, 0.15) is 58.4 Å². The Morgan fingerprint density at radius 1 is 1.12 bits per heavy atom. The van der Waals surface area contributed by atoms with Gasteiger partial charge in [0, 0.05) is 7.11 Å². The SMILES string of the molecule is COC1CC2(c3ccccc3)CCC1(NC(=O)OC(C)(C)C)CC2. The Labute approximate surface area is 144 Å². The second-order valence-electron chi connectivity index (χ2n) is 8.36. The lowest BCUT2D eigenvalue weighted by atomic mass is 9.53. The van der Waals surface area contributed by atoms with Gasteiger partial charge in [0.05, 0.1) is 11.6 Å². The number of amides is 1. The van der Waals surface area contributed by atoms with Gasteiger partial charge in [-0.1, -0.05) is 30.3 Å². The van der Waals surface area contributed by atoms with Crippen LogP contribution in [0, 0.1) is 0 Å². The highest BCUT2D eigenvalue weighted by Gasteiger charge is 2.56. The lowest BCUT2D eigenvalue weighted by Gasteiger charge is -2.57. The maximum atomic E-state index is 12.3. The van der Waals surface area contributed by atoms with E-state index in [9.17, 15) is 4.79 Å². The molecule has 0 saturated heterocycles. The average molecular weight is 331 g/mol. The van der Waals surface area contributed by atoms with E-state index >= 15 is 0 Å². The third-order valence-electron chi connectivity index (χ3n) is 5.71. The fourth-order valence-electron chi connectivity index (χ4n) is 4.47. The van der Waals surface area contributed by atoms with Gasteiger partial charge in [0.2, 0.25) is 0 Å². The highest BCUT2D eigenvalue weighted by Crippen LogP contribution is 2.54. The van der Waals surface area contributed by atoms with Gasteiger partial charge in [0.25, 0.3) is 0 Å². The highest BCUT2D eigenvalue weighted by atomic mass is 16.6. The summed E-state index contributed by atoms with van der Waals surface area (Å²) in [7, 11) is 1.75. The number of benzene rings is 1. The maximum Gasteiger partial charge on any atom is 0.408 e. The molecule has 4 heteroatoms. The van der Waals surface area contributed by atoms with Crippen molar-refractivity contribution in [1.82, 2.24) is 5.32 Å². The van der Waals surface area contributed by atoms with Gasteiger partial charge in [-0.25, -0.2) is 4.79 Å². The molecule has 0 aliphatic heterocycles. The van der Waals surface area contributed by atoms with Crippen molar-refractivity contribution in [2.75, 3.05) is 7.11 Å². The Bertz CT molecular complexity index is 583. The van der Waals surface area contributed by atoms with Crippen molar-refractivity contribution < 1.29 is 14.3 Å². The maximum absolute atomic E-state index is 12.3. The van der Waals surface area contributed by atoms with Gasteiger partial charge in [-0.15, -0.1) is 0 Å². The monoisotopic (exact) mass is 331 g/mol. The van der Waals surface area contributed by atoms with Crippen LogP contribution in [0.25, 0.3) is 0 Å². The molecule has 1 aromatic rings. The van der Waals surface area contributed by atoms with Crippen molar-refractivity contribution in [2.24, 2.45) is 0 Å². The predicted octanol–water partition coefficient (Wildman–Crippen LogP) is 4.18. The van der Waals surface area contributed by atoms with Gasteiger partial charge in [-0.3, -0.25) is 0 Å². The zero-order valence-electron chi connectivity index (χ0n) is 15.2. The van der Waals surface area contributed by atoms with Crippen molar-refractivity contribution in [3.63, 3.8) is 0 Å². The second-order valence-corrected chi connectivity index (χ2v) is 8.36. The summed E-state index contributed by atoms with van der Waals surface area (Å²) in [5, 5.41) is 3.16. The van der Waals surface area contributed by atoms with Crippen LogP contribution in [0.4, 0.5) is 4.79 Å². The van der Waals surface area contributed by atoms with E-state index in [1.165, 1.54) is 5.56 Å². The number of methoxy groups -OCH3 is 1. The number of rotatable bonds is 3. The zero-order valence-corrected chi connectivity index (χ0v) is 15.2. The van der Waals surface area contributed by atoms with Crippen LogP contribution < -0.4 is 5.32 Å². The number of carbonyl (C=O) groups is 1. The fourth-order valence-corrected chi connectivity index (χ4v) is 4.47. The number of hydrogen-bond donors (Lipinski definition) is 1. The lowest BCUT2D eigenvalue weighted by Crippen LogP contribution is -2.66. The minimum atomic E-state index is -0.486. The van der Waals surface area contributed by atoms with Crippen molar-refractivity contribution in [3.05, 3.63) is 35.9 Å². The summed E-state index contributed by atoms with van der Waals surface area (Å²) in [6, 6.07) is 10.7. The molecular weight excluding hydrogens is 302 g/mol. The van der Waals surface area contributed by atoms with E-state index in [-0.39, 0.29) is 23.2 Å². The molecule has 1 amide bonds. The van der Waals surface area contributed by atoms with Gasteiger partial charge >= 0.3 is 6.09 Å². The topological polar surface area (TPSA) is 47.6 Å². The first kappa shape index (κ1) is 17.3. The summed E-state index contributed by atoms with van der Waals surface area (Å²) in [5.74, 6) is 0. The number of alkyl carbamates (subject to hydrolysis) is 1. The molecule has 3 saturated carbocycles. The summed E-state index contributed by atoms with van der Waals surface area (Å²) >= 11 is 0. The summed E-state index contributed by atoms with van der Waals surface area (Å²) in [6.07, 6.45) is 4.65. The van der Waals surface area contributed by atoms with Gasteiger partial charge in [-0.05, 0) is 63.9 Å². The summed E-state index contributed by atoms with van der Waals surface area (Å²) in [4.78, 5) is 12.3. The third-order valence-corrected chi connectivity index (χ3v) is 5.71. The first-order chi connectivity index (χ1) is 11.3. The van der Waals surface area contributed by atoms with Crippen LogP contribution in [-0.2, 0) is 14.9 Å². The fraction of sp³-hybridized carbons (Fsp3) is 0.650. The lowest BCUT2D eigenvalue weighted by molar-refractivity contribution is -0.0777. The molecule has 0 aromatic heterocycles. The van der Waals surface area contributed by atoms with Crippen LogP contribution in [0.2, 0.25) is 0 Å². The van der Waals surface area contributed by atoms with Crippen LogP contribution in [0.15, 0.2) is 30.3 Å². The summed E-state index contributed by atoms with van der Waals surface area (Å²) in [5.41, 5.74) is 0.797. The molecule has 0 radical (unpaired) electrons. The molecule has 0 heterocycles.